The molecule has 0 aliphatic carbocycles. The second-order valence-corrected chi connectivity index (χ2v) is 4.46. The molecule has 0 radical (unpaired) electrons. The molecule has 88 valence electrons. The summed E-state index contributed by atoms with van der Waals surface area (Å²) in [6.07, 6.45) is 3.87. The maximum absolute atomic E-state index is 5.92. The Hall–Kier alpha value is -1.13. The topological polar surface area (TPSA) is 60.2 Å². The third-order valence-corrected chi connectivity index (χ3v) is 3.33. The van der Waals surface area contributed by atoms with E-state index in [0.717, 1.165) is 25.0 Å². The minimum Gasteiger partial charge on any atom is -0.383 e. The van der Waals surface area contributed by atoms with Crippen molar-refractivity contribution in [3.8, 4) is 0 Å². The van der Waals surface area contributed by atoms with Gasteiger partial charge in [-0.3, -0.25) is 0 Å². The lowest BCUT2D eigenvalue weighted by molar-refractivity contribution is -0.0103. The Morgan fingerprint density at radius 1 is 1.62 bits per heavy atom. The Labute approximate surface area is 96.2 Å². The number of likely N-dealkylation sites (N-methyl/N-ethyl adjacent to an activating group) is 1. The molecule has 0 spiro atoms. The first kappa shape index (κ1) is 11.4. The lowest BCUT2D eigenvalue weighted by Crippen LogP contribution is -2.40. The van der Waals surface area contributed by atoms with E-state index in [9.17, 15) is 0 Å². The van der Waals surface area contributed by atoms with Gasteiger partial charge in [0.1, 0.15) is 5.82 Å². The van der Waals surface area contributed by atoms with Crippen molar-refractivity contribution in [2.24, 2.45) is 0 Å². The fourth-order valence-corrected chi connectivity index (χ4v) is 2.49. The summed E-state index contributed by atoms with van der Waals surface area (Å²) >= 11 is 0. The Balaban J connectivity index is 2.32. The number of nitrogens with two attached hydrogens (primary N) is 1. The van der Waals surface area contributed by atoms with E-state index in [1.54, 1.807) is 6.20 Å². The summed E-state index contributed by atoms with van der Waals surface area (Å²) in [5, 5.41) is 3.30. The minimum absolute atomic E-state index is 0.101. The Morgan fingerprint density at radius 2 is 2.44 bits per heavy atom. The van der Waals surface area contributed by atoms with Gasteiger partial charge in [0, 0.05) is 18.4 Å². The van der Waals surface area contributed by atoms with Gasteiger partial charge in [-0.15, -0.1) is 0 Å². The van der Waals surface area contributed by atoms with Crippen LogP contribution in [0.4, 0.5) is 5.82 Å². The number of hydrogen-bond donors (Lipinski definition) is 2. The zero-order valence-electron chi connectivity index (χ0n) is 9.86. The number of ether oxygens (including phenoxy) is 1. The average molecular weight is 221 g/mol. The summed E-state index contributed by atoms with van der Waals surface area (Å²) in [5.41, 5.74) is 6.76. The van der Waals surface area contributed by atoms with Crippen molar-refractivity contribution in [2.75, 3.05) is 19.4 Å². The van der Waals surface area contributed by atoms with Crippen LogP contribution in [0.25, 0.3) is 0 Å². The third kappa shape index (κ3) is 1.90. The monoisotopic (exact) mass is 221 g/mol. The van der Waals surface area contributed by atoms with Crippen LogP contribution in [0, 0.1) is 0 Å². The highest BCUT2D eigenvalue weighted by Crippen LogP contribution is 2.38. The summed E-state index contributed by atoms with van der Waals surface area (Å²) < 4.78 is 5.86. The molecule has 0 amide bonds. The number of rotatable bonds is 3. The van der Waals surface area contributed by atoms with Crippen LogP contribution in [0.3, 0.4) is 0 Å². The molecule has 1 saturated heterocycles. The van der Waals surface area contributed by atoms with Crippen LogP contribution in [0.2, 0.25) is 0 Å². The van der Waals surface area contributed by atoms with E-state index in [4.69, 9.17) is 10.5 Å². The van der Waals surface area contributed by atoms with Crippen LogP contribution in [-0.4, -0.2) is 24.2 Å². The lowest BCUT2D eigenvalue weighted by atomic mass is 9.88. The number of nitrogen functional groups attached to an aromatic ring is 1. The predicted molar refractivity (Wildman–Crippen MR) is 64.0 cm³/mol. The van der Waals surface area contributed by atoms with Crippen LogP contribution >= 0.6 is 0 Å². The molecule has 0 saturated carbocycles. The summed E-state index contributed by atoms with van der Waals surface area (Å²) in [6.45, 7) is 2.96. The zero-order chi connectivity index (χ0) is 11.6. The molecule has 1 aliphatic heterocycles. The first-order chi connectivity index (χ1) is 7.67. The van der Waals surface area contributed by atoms with Crippen molar-refractivity contribution in [1.82, 2.24) is 10.3 Å². The van der Waals surface area contributed by atoms with E-state index in [0.29, 0.717) is 5.82 Å². The van der Waals surface area contributed by atoms with Gasteiger partial charge in [0.15, 0.2) is 0 Å². The molecule has 2 atom stereocenters. The van der Waals surface area contributed by atoms with E-state index < -0.39 is 0 Å². The first-order valence-corrected chi connectivity index (χ1v) is 5.69. The molecule has 4 heteroatoms. The van der Waals surface area contributed by atoms with Gasteiger partial charge in [0.25, 0.3) is 0 Å². The number of anilines is 1. The number of nitrogens with zero attached hydrogens (tertiary/aromatic N) is 1. The molecule has 16 heavy (non-hydrogen) atoms. The second kappa shape index (κ2) is 4.39. The number of aromatic nitrogens is 1. The van der Waals surface area contributed by atoms with Gasteiger partial charge in [-0.05, 0) is 32.9 Å². The van der Waals surface area contributed by atoms with Gasteiger partial charge in [0.2, 0.25) is 0 Å². The van der Waals surface area contributed by atoms with E-state index in [-0.39, 0.29) is 11.6 Å². The number of hydrogen-bond acceptors (Lipinski definition) is 4. The summed E-state index contributed by atoms with van der Waals surface area (Å²) in [7, 11) is 1.93. The quantitative estimate of drug-likeness (QED) is 0.812. The lowest BCUT2D eigenvalue weighted by Gasteiger charge is -2.33. The highest BCUT2D eigenvalue weighted by Gasteiger charge is 2.39. The zero-order valence-corrected chi connectivity index (χ0v) is 9.86. The average Bonchev–Trinajstić information content (AvgIpc) is 2.70. The van der Waals surface area contributed by atoms with Crippen molar-refractivity contribution in [2.45, 2.75) is 31.4 Å². The van der Waals surface area contributed by atoms with Gasteiger partial charge in [-0.2, -0.15) is 0 Å². The summed E-state index contributed by atoms with van der Waals surface area (Å²) in [5.74, 6) is 0.582. The number of pyridine rings is 1. The molecule has 2 rings (SSSR count). The molecule has 3 N–H and O–H groups in total. The van der Waals surface area contributed by atoms with Crippen molar-refractivity contribution in [3.63, 3.8) is 0 Å². The molecule has 1 fully saturated rings. The Bertz CT molecular complexity index is 361. The fraction of sp³-hybridized carbons (Fsp3) is 0.583. The molecule has 4 nitrogen and oxygen atoms in total. The molecule has 0 aromatic carbocycles. The molecular weight excluding hydrogens is 202 g/mol. The highest BCUT2D eigenvalue weighted by molar-refractivity contribution is 5.42. The number of nitrogens with one attached hydrogen (secondary N) is 1. The third-order valence-electron chi connectivity index (χ3n) is 3.33. The van der Waals surface area contributed by atoms with Gasteiger partial charge in [-0.1, -0.05) is 6.07 Å². The van der Waals surface area contributed by atoms with E-state index in [1.165, 1.54) is 0 Å². The van der Waals surface area contributed by atoms with Crippen LogP contribution < -0.4 is 11.1 Å². The van der Waals surface area contributed by atoms with Gasteiger partial charge >= 0.3 is 0 Å². The normalized spacial score (nSPS) is 26.9. The highest BCUT2D eigenvalue weighted by atomic mass is 16.5. The van der Waals surface area contributed by atoms with Crippen molar-refractivity contribution >= 4 is 5.82 Å². The van der Waals surface area contributed by atoms with Crippen LogP contribution in [0.15, 0.2) is 18.3 Å². The van der Waals surface area contributed by atoms with Gasteiger partial charge in [0.05, 0.1) is 11.6 Å². The fourth-order valence-electron chi connectivity index (χ4n) is 2.49. The predicted octanol–water partition coefficient (Wildman–Crippen LogP) is 1.49. The smallest absolute Gasteiger partial charge is 0.128 e. The molecule has 0 bridgehead atoms. The summed E-state index contributed by atoms with van der Waals surface area (Å²) in [4.78, 5) is 4.13. The molecule has 2 heterocycles. The Kier molecular flexibility index (Phi) is 3.12. The molecule has 1 aliphatic rings. The van der Waals surface area contributed by atoms with Crippen LogP contribution in [0.1, 0.15) is 31.4 Å². The van der Waals surface area contributed by atoms with Crippen molar-refractivity contribution < 1.29 is 4.74 Å². The molecule has 1 aromatic heterocycles. The second-order valence-electron chi connectivity index (χ2n) is 4.46. The van der Waals surface area contributed by atoms with E-state index in [2.05, 4.69) is 17.2 Å². The summed E-state index contributed by atoms with van der Waals surface area (Å²) in [6, 6.07) is 4.02. The molecule has 1 aromatic rings. The largest absolute Gasteiger partial charge is 0.383 e. The van der Waals surface area contributed by atoms with Crippen molar-refractivity contribution in [1.29, 1.82) is 0 Å². The van der Waals surface area contributed by atoms with Gasteiger partial charge in [-0.25, -0.2) is 4.98 Å². The SMILES string of the molecule is CNC(c1cccnc1N)C1(C)CCCO1. The standard InChI is InChI=1S/C12H19N3O/c1-12(6-4-8-16-12)10(14-2)9-5-3-7-15-11(9)13/h3,5,7,10,14H,4,6,8H2,1-2H3,(H2,13,15). The Morgan fingerprint density at radius 3 is 3.00 bits per heavy atom. The maximum atomic E-state index is 5.92. The van der Waals surface area contributed by atoms with Crippen LogP contribution in [0.5, 0.6) is 0 Å². The van der Waals surface area contributed by atoms with Crippen LogP contribution in [-0.2, 0) is 4.74 Å². The van der Waals surface area contributed by atoms with E-state index in [1.807, 2.05) is 19.2 Å². The van der Waals surface area contributed by atoms with Crippen molar-refractivity contribution in [3.05, 3.63) is 23.9 Å². The molecular formula is C12H19N3O. The maximum Gasteiger partial charge on any atom is 0.128 e. The van der Waals surface area contributed by atoms with Gasteiger partial charge < -0.3 is 15.8 Å². The van der Waals surface area contributed by atoms with E-state index >= 15 is 0 Å². The molecule has 2 unspecified atom stereocenters. The minimum atomic E-state index is -0.175. The first-order valence-electron chi connectivity index (χ1n) is 5.69.